The lowest BCUT2D eigenvalue weighted by molar-refractivity contribution is -0.149. The molecule has 1 aromatic carbocycles. The summed E-state index contributed by atoms with van der Waals surface area (Å²) in [7, 11) is 0. The minimum absolute atomic E-state index is 0.234. The second kappa shape index (κ2) is 8.56. The number of nitrogens with zero attached hydrogens (tertiary/aromatic N) is 2. The number of carbonyl (C=O) groups is 2. The number of rotatable bonds is 7. The van der Waals surface area contributed by atoms with Crippen LogP contribution < -0.4 is 4.90 Å². The van der Waals surface area contributed by atoms with Crippen LogP contribution in [0, 0.1) is 42.9 Å². The molecule has 0 unspecified atom stereocenters. The third-order valence-electron chi connectivity index (χ3n) is 5.94. The van der Waals surface area contributed by atoms with E-state index < -0.39 is 0 Å². The molecule has 2 aliphatic rings. The van der Waals surface area contributed by atoms with Gasteiger partial charge >= 0.3 is 5.97 Å². The fourth-order valence-electron chi connectivity index (χ4n) is 4.79. The average Bonchev–Trinajstić information content (AvgIpc) is 3.22. The summed E-state index contributed by atoms with van der Waals surface area (Å²) < 4.78 is 5.30. The smallest absolute Gasteiger partial charge is 0.306 e. The van der Waals surface area contributed by atoms with Gasteiger partial charge < -0.3 is 9.64 Å². The Morgan fingerprint density at radius 3 is 2.52 bits per heavy atom. The van der Waals surface area contributed by atoms with E-state index in [9.17, 15) is 9.59 Å². The third-order valence-corrected chi connectivity index (χ3v) is 5.94. The predicted molar refractivity (Wildman–Crippen MR) is 103 cm³/mol. The Balaban J connectivity index is 1.57. The Bertz CT molecular complexity index is 732. The summed E-state index contributed by atoms with van der Waals surface area (Å²) in [5.74, 6) is 1.33. The minimum Gasteiger partial charge on any atom is -0.456 e. The van der Waals surface area contributed by atoms with Crippen LogP contribution >= 0.6 is 0 Å². The first-order valence-electron chi connectivity index (χ1n) is 9.87. The molecule has 0 aliphatic heterocycles. The fraction of sp³-hybridized carbons (Fsp3) is 0.591. The Morgan fingerprint density at radius 1 is 1.19 bits per heavy atom. The number of hydrogen-bond acceptors (Lipinski definition) is 4. The van der Waals surface area contributed by atoms with Gasteiger partial charge in [-0.15, -0.1) is 0 Å². The molecule has 0 heterocycles. The first-order valence-corrected chi connectivity index (χ1v) is 9.87. The fourth-order valence-corrected chi connectivity index (χ4v) is 4.79. The predicted octanol–water partition coefficient (Wildman–Crippen LogP) is 3.92. The Hall–Kier alpha value is -2.35. The van der Waals surface area contributed by atoms with Crippen LogP contribution in [-0.2, 0) is 14.3 Å². The van der Waals surface area contributed by atoms with Gasteiger partial charge in [0.05, 0.1) is 12.5 Å². The van der Waals surface area contributed by atoms with Gasteiger partial charge in [-0.05, 0) is 74.1 Å². The van der Waals surface area contributed by atoms with Crippen molar-refractivity contribution in [1.29, 1.82) is 5.26 Å². The molecule has 0 saturated heterocycles. The van der Waals surface area contributed by atoms with Crippen molar-refractivity contribution in [3.8, 4) is 6.07 Å². The van der Waals surface area contributed by atoms with Crippen molar-refractivity contribution in [3.05, 3.63) is 29.3 Å². The van der Waals surface area contributed by atoms with E-state index >= 15 is 0 Å². The zero-order valence-corrected chi connectivity index (χ0v) is 16.2. The highest BCUT2D eigenvalue weighted by atomic mass is 16.5. The number of anilines is 1. The van der Waals surface area contributed by atoms with Gasteiger partial charge in [0.25, 0.3) is 5.91 Å². The lowest BCUT2D eigenvalue weighted by Gasteiger charge is -2.23. The number of amides is 1. The van der Waals surface area contributed by atoms with Crippen LogP contribution in [0.5, 0.6) is 0 Å². The van der Waals surface area contributed by atoms with Crippen molar-refractivity contribution < 1.29 is 14.3 Å². The maximum atomic E-state index is 12.7. The van der Waals surface area contributed by atoms with E-state index in [4.69, 9.17) is 10.00 Å². The summed E-state index contributed by atoms with van der Waals surface area (Å²) in [5, 5.41) is 8.91. The Kier molecular flexibility index (Phi) is 6.15. The molecule has 3 atom stereocenters. The number of nitriles is 1. The molecule has 2 saturated carbocycles. The zero-order chi connectivity index (χ0) is 19.4. The molecular formula is C22H28N2O3. The van der Waals surface area contributed by atoms with Crippen LogP contribution in [0.25, 0.3) is 0 Å². The van der Waals surface area contributed by atoms with Crippen LogP contribution in [0.15, 0.2) is 18.2 Å². The highest BCUT2D eigenvalue weighted by Crippen LogP contribution is 2.49. The van der Waals surface area contributed by atoms with Gasteiger partial charge in [-0.25, -0.2) is 0 Å². The number of hydrogen-bond donors (Lipinski definition) is 0. The molecule has 5 heteroatoms. The summed E-state index contributed by atoms with van der Waals surface area (Å²) in [4.78, 5) is 26.4. The molecule has 144 valence electrons. The van der Waals surface area contributed by atoms with Crippen molar-refractivity contribution in [2.45, 2.75) is 52.4 Å². The Morgan fingerprint density at radius 2 is 1.93 bits per heavy atom. The number of ether oxygens (including phenoxy) is 1. The van der Waals surface area contributed by atoms with Gasteiger partial charge in [0.15, 0.2) is 6.61 Å². The molecule has 0 radical (unpaired) electrons. The molecule has 0 N–H and O–H groups in total. The van der Waals surface area contributed by atoms with E-state index in [-0.39, 0.29) is 24.9 Å². The maximum absolute atomic E-state index is 12.7. The van der Waals surface area contributed by atoms with E-state index in [1.807, 2.05) is 32.0 Å². The molecule has 3 rings (SSSR count). The lowest BCUT2D eigenvalue weighted by atomic mass is 9.86. The molecule has 27 heavy (non-hydrogen) atoms. The highest BCUT2D eigenvalue weighted by molar-refractivity contribution is 5.95. The van der Waals surface area contributed by atoms with Gasteiger partial charge in [0, 0.05) is 18.7 Å². The van der Waals surface area contributed by atoms with Gasteiger partial charge in [0.2, 0.25) is 0 Å². The van der Waals surface area contributed by atoms with Crippen molar-refractivity contribution in [2.75, 3.05) is 18.1 Å². The summed E-state index contributed by atoms with van der Waals surface area (Å²) in [6, 6.07) is 7.94. The first-order chi connectivity index (χ1) is 13.0. The minimum atomic E-state index is -0.281. The highest BCUT2D eigenvalue weighted by Gasteiger charge is 2.40. The van der Waals surface area contributed by atoms with E-state index in [0.29, 0.717) is 24.8 Å². The summed E-state index contributed by atoms with van der Waals surface area (Å²) in [6.45, 7) is 3.97. The van der Waals surface area contributed by atoms with E-state index in [1.54, 1.807) is 4.90 Å². The van der Waals surface area contributed by atoms with E-state index in [2.05, 4.69) is 6.07 Å². The number of fused-ring (bicyclic) bond motifs is 2. The molecule has 2 fully saturated rings. The van der Waals surface area contributed by atoms with Crippen molar-refractivity contribution >= 4 is 17.6 Å². The van der Waals surface area contributed by atoms with Crippen LogP contribution in [-0.4, -0.2) is 25.0 Å². The third kappa shape index (κ3) is 4.88. The quantitative estimate of drug-likeness (QED) is 0.684. The SMILES string of the molecule is Cc1cc(C)cc(N(CCC#N)C(=O)COC(=O)C[C@H]2C[C@@H]3CC[C@@H]2C3)c1. The monoisotopic (exact) mass is 368 g/mol. The van der Waals surface area contributed by atoms with Gasteiger partial charge in [-0.1, -0.05) is 12.5 Å². The van der Waals surface area contributed by atoms with Crippen LogP contribution in [0.1, 0.15) is 49.7 Å². The molecule has 5 nitrogen and oxygen atoms in total. The van der Waals surface area contributed by atoms with Crippen molar-refractivity contribution in [1.82, 2.24) is 0 Å². The second-order valence-electron chi connectivity index (χ2n) is 8.10. The summed E-state index contributed by atoms with van der Waals surface area (Å²) >= 11 is 0. The number of esters is 1. The van der Waals surface area contributed by atoms with Gasteiger partial charge in [-0.3, -0.25) is 9.59 Å². The largest absolute Gasteiger partial charge is 0.456 e. The molecular weight excluding hydrogens is 340 g/mol. The standard InChI is InChI=1S/C22H28N2O3/c1-15-8-16(2)10-20(9-15)24(7-3-6-23)21(25)14-27-22(26)13-19-12-17-4-5-18(19)11-17/h8-10,17-19H,3-5,7,11-14H2,1-2H3/t17-,18-,19-/m1/s1. The molecule has 1 aromatic rings. The van der Waals surface area contributed by atoms with Gasteiger partial charge in [0.1, 0.15) is 0 Å². The molecule has 2 aliphatic carbocycles. The Labute approximate surface area is 161 Å². The second-order valence-corrected chi connectivity index (χ2v) is 8.10. The molecule has 2 bridgehead atoms. The lowest BCUT2D eigenvalue weighted by Crippen LogP contribution is -2.35. The molecule has 0 aromatic heterocycles. The van der Waals surface area contributed by atoms with E-state index in [1.165, 1.54) is 19.3 Å². The van der Waals surface area contributed by atoms with Crippen LogP contribution in [0.4, 0.5) is 5.69 Å². The number of aryl methyl sites for hydroxylation is 2. The van der Waals surface area contributed by atoms with Crippen molar-refractivity contribution in [2.24, 2.45) is 17.8 Å². The topological polar surface area (TPSA) is 70.4 Å². The zero-order valence-electron chi connectivity index (χ0n) is 16.2. The van der Waals surface area contributed by atoms with Crippen molar-refractivity contribution in [3.63, 3.8) is 0 Å². The molecule has 0 spiro atoms. The van der Waals surface area contributed by atoms with Crippen LogP contribution in [0.3, 0.4) is 0 Å². The summed E-state index contributed by atoms with van der Waals surface area (Å²) in [6.07, 6.45) is 5.58. The first kappa shape index (κ1) is 19.4. The number of carbonyl (C=O) groups excluding carboxylic acids is 2. The normalized spacial score (nSPS) is 23.1. The molecule has 1 amide bonds. The van der Waals surface area contributed by atoms with E-state index in [0.717, 1.165) is 29.2 Å². The number of benzene rings is 1. The van der Waals surface area contributed by atoms with Crippen LogP contribution in [0.2, 0.25) is 0 Å². The summed E-state index contributed by atoms with van der Waals surface area (Å²) in [5.41, 5.74) is 2.85. The van der Waals surface area contributed by atoms with Gasteiger partial charge in [-0.2, -0.15) is 5.26 Å². The average molecular weight is 368 g/mol. The maximum Gasteiger partial charge on any atom is 0.306 e.